The lowest BCUT2D eigenvalue weighted by atomic mass is 10.1. The Labute approximate surface area is 202 Å². The van der Waals surface area contributed by atoms with Crippen molar-refractivity contribution in [1.82, 2.24) is 19.6 Å². The Kier molecular flexibility index (Phi) is 6.92. The second kappa shape index (κ2) is 10.2. The molecule has 2 aromatic heterocycles. The minimum Gasteiger partial charge on any atom is -0.496 e. The molecule has 0 unspecified atom stereocenters. The number of rotatable bonds is 8. The first-order valence-corrected chi connectivity index (χ1v) is 11.4. The van der Waals surface area contributed by atoms with E-state index in [0.717, 1.165) is 18.4 Å². The standard InChI is InChI=1S/C26H26N6O3/c1-4-5-11-20-17(2)28-25-29-26(30-32(25)24(20)34)31(16-19-10-8-9-18(14-19)15-27)23(33)21-12-6-7-13-22(21)35-3/h6-10,12-14H,4-5,11,16H2,1-3H3,(H,28,29,30). The van der Waals surface area contributed by atoms with Crippen molar-refractivity contribution in [3.63, 3.8) is 0 Å². The molecule has 0 atom stereocenters. The van der Waals surface area contributed by atoms with Gasteiger partial charge in [-0.1, -0.05) is 37.6 Å². The third-order valence-electron chi connectivity index (χ3n) is 5.80. The van der Waals surface area contributed by atoms with Crippen molar-refractivity contribution >= 4 is 17.6 Å². The van der Waals surface area contributed by atoms with Gasteiger partial charge in [-0.25, -0.2) is 4.98 Å². The number of nitriles is 1. The topological polar surface area (TPSA) is 116 Å². The van der Waals surface area contributed by atoms with Crippen molar-refractivity contribution in [3.8, 4) is 11.8 Å². The average molecular weight is 471 g/mol. The number of anilines is 1. The van der Waals surface area contributed by atoms with E-state index in [1.165, 1.54) is 16.5 Å². The predicted octanol–water partition coefficient (Wildman–Crippen LogP) is 3.80. The molecule has 0 spiro atoms. The fraction of sp³-hybridized carbons (Fsp3) is 0.269. The molecule has 1 N–H and O–H groups in total. The lowest BCUT2D eigenvalue weighted by molar-refractivity contribution is 0.0980. The Morgan fingerprint density at radius 1 is 1.20 bits per heavy atom. The van der Waals surface area contributed by atoms with E-state index in [2.05, 4.69) is 28.1 Å². The first-order chi connectivity index (χ1) is 17.0. The van der Waals surface area contributed by atoms with Gasteiger partial charge in [0.25, 0.3) is 17.2 Å². The molecule has 0 saturated carbocycles. The maximum absolute atomic E-state index is 13.7. The Morgan fingerprint density at radius 2 is 2.00 bits per heavy atom. The molecule has 9 heteroatoms. The van der Waals surface area contributed by atoms with Crippen LogP contribution in [-0.4, -0.2) is 32.6 Å². The minimum atomic E-state index is -0.375. The summed E-state index contributed by atoms with van der Waals surface area (Å²) in [4.78, 5) is 37.3. The van der Waals surface area contributed by atoms with Gasteiger partial charge < -0.3 is 4.74 Å². The van der Waals surface area contributed by atoms with Crippen molar-refractivity contribution in [2.75, 3.05) is 12.0 Å². The number of para-hydroxylation sites is 1. The van der Waals surface area contributed by atoms with E-state index in [0.29, 0.717) is 34.6 Å². The van der Waals surface area contributed by atoms with E-state index in [1.807, 2.05) is 6.07 Å². The number of fused-ring (bicyclic) bond motifs is 1. The van der Waals surface area contributed by atoms with Gasteiger partial charge >= 0.3 is 0 Å². The van der Waals surface area contributed by atoms with Crippen LogP contribution in [0.4, 0.5) is 5.95 Å². The first kappa shape index (κ1) is 23.7. The number of ether oxygens (including phenoxy) is 1. The zero-order valence-electron chi connectivity index (χ0n) is 19.9. The van der Waals surface area contributed by atoms with Gasteiger partial charge in [0.1, 0.15) is 5.75 Å². The fourth-order valence-electron chi connectivity index (χ4n) is 3.94. The number of nitrogens with one attached hydrogen (secondary N) is 1. The number of amides is 1. The highest BCUT2D eigenvalue weighted by molar-refractivity contribution is 6.07. The molecular formula is C26H26N6O3. The van der Waals surface area contributed by atoms with Crippen LogP contribution in [0, 0.1) is 18.3 Å². The highest BCUT2D eigenvalue weighted by Gasteiger charge is 2.25. The fourth-order valence-corrected chi connectivity index (χ4v) is 3.94. The smallest absolute Gasteiger partial charge is 0.277 e. The summed E-state index contributed by atoms with van der Waals surface area (Å²) < 4.78 is 6.68. The molecule has 4 rings (SSSR count). The summed E-state index contributed by atoms with van der Waals surface area (Å²) in [5.74, 6) is 0.392. The van der Waals surface area contributed by atoms with Crippen LogP contribution in [0.15, 0.2) is 53.3 Å². The molecule has 0 radical (unpaired) electrons. The average Bonchev–Trinajstić information content (AvgIpc) is 3.30. The quantitative estimate of drug-likeness (QED) is 0.419. The second-order valence-corrected chi connectivity index (χ2v) is 8.17. The number of aromatic nitrogens is 4. The third-order valence-corrected chi connectivity index (χ3v) is 5.80. The lowest BCUT2D eigenvalue weighted by Gasteiger charge is -2.21. The molecule has 2 heterocycles. The Hall–Kier alpha value is -4.45. The molecule has 4 aromatic rings. The van der Waals surface area contributed by atoms with E-state index in [9.17, 15) is 14.9 Å². The molecular weight excluding hydrogens is 444 g/mol. The van der Waals surface area contributed by atoms with Crippen molar-refractivity contribution in [2.24, 2.45) is 0 Å². The maximum atomic E-state index is 13.7. The Morgan fingerprint density at radius 3 is 2.74 bits per heavy atom. The molecule has 2 aromatic carbocycles. The van der Waals surface area contributed by atoms with Crippen molar-refractivity contribution in [2.45, 2.75) is 39.7 Å². The van der Waals surface area contributed by atoms with Crippen LogP contribution >= 0.6 is 0 Å². The molecule has 0 aliphatic carbocycles. The second-order valence-electron chi connectivity index (χ2n) is 8.17. The van der Waals surface area contributed by atoms with Crippen LogP contribution in [0.1, 0.15) is 52.5 Å². The summed E-state index contributed by atoms with van der Waals surface area (Å²) in [7, 11) is 1.50. The SMILES string of the molecule is CCCCc1c(C)nc2nc(N(Cc3cccc(C#N)c3)C(=O)c3ccccc3OC)[nH]n2c1=O. The minimum absolute atomic E-state index is 0.114. The van der Waals surface area contributed by atoms with Crippen LogP contribution in [0.3, 0.4) is 0 Å². The number of H-pyrrole nitrogens is 1. The monoisotopic (exact) mass is 470 g/mol. The number of hydrogen-bond donors (Lipinski definition) is 1. The van der Waals surface area contributed by atoms with Crippen molar-refractivity contribution in [3.05, 3.63) is 86.8 Å². The summed E-state index contributed by atoms with van der Waals surface area (Å²) in [6.45, 7) is 3.98. The summed E-state index contributed by atoms with van der Waals surface area (Å²) in [6, 6.07) is 16.0. The van der Waals surface area contributed by atoms with E-state index < -0.39 is 0 Å². The van der Waals surface area contributed by atoms with Crippen molar-refractivity contribution < 1.29 is 9.53 Å². The van der Waals surface area contributed by atoms with E-state index in [-0.39, 0.29) is 29.7 Å². The van der Waals surface area contributed by atoms with E-state index in [4.69, 9.17) is 4.74 Å². The Bertz CT molecular complexity index is 1480. The number of aromatic amines is 1. The van der Waals surface area contributed by atoms with E-state index >= 15 is 0 Å². The van der Waals surface area contributed by atoms with Crippen LogP contribution < -0.4 is 15.2 Å². The molecule has 0 fully saturated rings. The van der Waals surface area contributed by atoms with Gasteiger partial charge in [0.05, 0.1) is 36.5 Å². The molecule has 0 aliphatic rings. The van der Waals surface area contributed by atoms with Gasteiger partial charge in [-0.05, 0) is 49.6 Å². The van der Waals surface area contributed by atoms with Gasteiger partial charge in [-0.15, -0.1) is 0 Å². The lowest BCUT2D eigenvalue weighted by Crippen LogP contribution is -2.32. The van der Waals surface area contributed by atoms with Crippen LogP contribution in [-0.2, 0) is 13.0 Å². The molecule has 0 saturated heterocycles. The first-order valence-electron chi connectivity index (χ1n) is 11.4. The number of carbonyl (C=O) groups excluding carboxylic acids is 1. The summed E-state index contributed by atoms with van der Waals surface area (Å²) in [5, 5.41) is 12.3. The number of benzene rings is 2. The van der Waals surface area contributed by atoms with Crippen molar-refractivity contribution in [1.29, 1.82) is 5.26 Å². The van der Waals surface area contributed by atoms with Gasteiger partial charge in [0.15, 0.2) is 0 Å². The number of aryl methyl sites for hydroxylation is 1. The van der Waals surface area contributed by atoms with Gasteiger partial charge in [-0.2, -0.15) is 14.8 Å². The molecule has 1 amide bonds. The normalized spacial score (nSPS) is 10.8. The number of methoxy groups -OCH3 is 1. The summed E-state index contributed by atoms with van der Waals surface area (Å²) in [5.41, 5.74) is 2.58. The predicted molar refractivity (Wildman–Crippen MR) is 132 cm³/mol. The zero-order valence-corrected chi connectivity index (χ0v) is 19.9. The highest BCUT2D eigenvalue weighted by Crippen LogP contribution is 2.24. The molecule has 0 aliphatic heterocycles. The largest absolute Gasteiger partial charge is 0.496 e. The number of carbonyl (C=O) groups is 1. The third kappa shape index (κ3) is 4.77. The summed E-state index contributed by atoms with van der Waals surface area (Å²) >= 11 is 0. The molecule has 9 nitrogen and oxygen atoms in total. The van der Waals surface area contributed by atoms with Crippen LogP contribution in [0.2, 0.25) is 0 Å². The number of unbranched alkanes of at least 4 members (excludes halogenated alkanes) is 1. The molecule has 0 bridgehead atoms. The van der Waals surface area contributed by atoms with Gasteiger partial charge in [0.2, 0.25) is 5.95 Å². The van der Waals surface area contributed by atoms with Crippen LogP contribution in [0.5, 0.6) is 5.75 Å². The summed E-state index contributed by atoms with van der Waals surface area (Å²) in [6.07, 6.45) is 2.45. The highest BCUT2D eigenvalue weighted by atomic mass is 16.5. The van der Waals surface area contributed by atoms with E-state index in [1.54, 1.807) is 49.4 Å². The maximum Gasteiger partial charge on any atom is 0.277 e. The van der Waals surface area contributed by atoms with Crippen LogP contribution in [0.25, 0.3) is 5.78 Å². The zero-order chi connectivity index (χ0) is 24.9. The number of nitrogens with zero attached hydrogens (tertiary/aromatic N) is 5. The van der Waals surface area contributed by atoms with Gasteiger partial charge in [0, 0.05) is 5.56 Å². The number of hydrogen-bond acceptors (Lipinski definition) is 6. The van der Waals surface area contributed by atoms with Gasteiger partial charge in [-0.3, -0.25) is 19.6 Å². The molecule has 178 valence electrons. The molecule has 35 heavy (non-hydrogen) atoms. The Balaban J connectivity index is 1.84.